The number of aryl methyl sites for hydroxylation is 3. The first-order chi connectivity index (χ1) is 36.2. The molecule has 0 bridgehead atoms. The number of rotatable bonds is 21. The van der Waals surface area contributed by atoms with Crippen LogP contribution >= 0.6 is 22.9 Å². The Balaban J connectivity index is 0.00000405. The van der Waals surface area contributed by atoms with Gasteiger partial charge in [-0.2, -0.15) is 0 Å². The molecule has 6 heterocycles. The standard InChI is InChI=1S/C52H58ClN11O8S.C2H6/c1-29-33(5)73-51-46(29)48(35-11-13-36(53)14-12-35)60-41(50(55)64(51)34(6)54)26-44(65)57-16-18-69-20-22-71-23-21-70-19-17-58-45(66)28-62-42-27-59-40-24-38(47-30(2)61-72-32(47)4)43(68-7)25-37(40)49(42)63(52(62)67)31(3)39-10-8-9-15-56-39;1-2/h8-15,24-25,27,31,41,54-55H,16-23,26,28H2,1-7H3,(H,57,65)(H,58,66);1-2H3. The number of hydrogen-bond donors (Lipinski definition) is 4. The molecule has 21 heteroatoms. The van der Waals surface area contributed by atoms with Crippen molar-refractivity contribution in [2.45, 2.75) is 80.4 Å². The highest BCUT2D eigenvalue weighted by Gasteiger charge is 2.35. The number of nitrogens with one attached hydrogen (secondary N) is 4. The topological polar surface area (TPSA) is 237 Å². The number of aromatic nitrogens is 5. The molecule has 2 unspecified atom stereocenters. The fourth-order valence-electron chi connectivity index (χ4n) is 8.88. The smallest absolute Gasteiger partial charge is 0.330 e. The third-order valence-electron chi connectivity index (χ3n) is 12.6. The molecule has 2 aromatic carbocycles. The second kappa shape index (κ2) is 25.4. The predicted molar refractivity (Wildman–Crippen MR) is 294 cm³/mol. The Hall–Kier alpha value is -7.10. The van der Waals surface area contributed by atoms with Crippen molar-refractivity contribution in [3.63, 3.8) is 0 Å². The van der Waals surface area contributed by atoms with Crippen LogP contribution in [0.15, 0.2) is 81.3 Å². The average Bonchev–Trinajstić information content (AvgIpc) is 3.98. The average molecular weight is 1060 g/mol. The highest BCUT2D eigenvalue weighted by Crippen LogP contribution is 2.41. The van der Waals surface area contributed by atoms with Crippen LogP contribution in [0.4, 0.5) is 5.00 Å². The summed E-state index contributed by atoms with van der Waals surface area (Å²) in [6.45, 7) is 17.1. The third-order valence-corrected chi connectivity index (χ3v) is 14.0. The van der Waals surface area contributed by atoms with Crippen LogP contribution < -0.4 is 26.0 Å². The van der Waals surface area contributed by atoms with Gasteiger partial charge in [-0.3, -0.25) is 49.4 Å². The summed E-state index contributed by atoms with van der Waals surface area (Å²) in [5.41, 5.74) is 7.54. The van der Waals surface area contributed by atoms with Crippen LogP contribution in [0.2, 0.25) is 5.02 Å². The number of benzene rings is 2. The molecule has 0 saturated heterocycles. The Morgan fingerprint density at radius 2 is 1.57 bits per heavy atom. The minimum atomic E-state index is -0.835. The molecule has 7 aromatic rings. The molecule has 1 aliphatic heterocycles. The number of nitrogens with zero attached hydrogens (tertiary/aromatic N) is 7. The maximum absolute atomic E-state index is 14.3. The molecule has 0 aliphatic carbocycles. The summed E-state index contributed by atoms with van der Waals surface area (Å²) in [5.74, 6) is 0.726. The van der Waals surface area contributed by atoms with Crippen molar-refractivity contribution < 1.29 is 33.1 Å². The summed E-state index contributed by atoms with van der Waals surface area (Å²) < 4.78 is 31.4. The largest absolute Gasteiger partial charge is 0.496 e. The van der Waals surface area contributed by atoms with Crippen molar-refractivity contribution in [1.29, 1.82) is 10.8 Å². The van der Waals surface area contributed by atoms with Gasteiger partial charge in [-0.05, 0) is 83.5 Å². The molecular formula is C54H64ClN11O8S. The lowest BCUT2D eigenvalue weighted by Gasteiger charge is -2.24. The van der Waals surface area contributed by atoms with Gasteiger partial charge in [-0.15, -0.1) is 11.3 Å². The van der Waals surface area contributed by atoms with E-state index in [-0.39, 0.29) is 69.4 Å². The first kappa shape index (κ1) is 55.6. The fraction of sp³-hybridized carbons (Fsp3) is 0.389. The van der Waals surface area contributed by atoms with Crippen LogP contribution in [0.1, 0.15) is 78.9 Å². The van der Waals surface area contributed by atoms with E-state index in [1.807, 2.05) is 90.9 Å². The van der Waals surface area contributed by atoms with E-state index in [0.29, 0.717) is 75.4 Å². The highest BCUT2D eigenvalue weighted by molar-refractivity contribution is 7.17. The quantitative estimate of drug-likeness (QED) is 0.0302. The normalized spacial score (nSPS) is 13.7. The van der Waals surface area contributed by atoms with Crippen LogP contribution in [0.3, 0.4) is 0 Å². The molecule has 0 spiro atoms. The lowest BCUT2D eigenvalue weighted by atomic mass is 9.99. The summed E-state index contributed by atoms with van der Waals surface area (Å²) >= 11 is 7.70. The molecule has 19 nitrogen and oxygen atoms in total. The van der Waals surface area contributed by atoms with Crippen molar-refractivity contribution in [2.24, 2.45) is 4.99 Å². The molecule has 396 valence electrons. The molecule has 2 amide bonds. The molecule has 5 aromatic heterocycles. The number of carbonyl (C=O) groups excluding carboxylic acids is 2. The molecule has 0 fully saturated rings. The monoisotopic (exact) mass is 1060 g/mol. The van der Waals surface area contributed by atoms with Crippen molar-refractivity contribution in [3.05, 3.63) is 121 Å². The zero-order chi connectivity index (χ0) is 53.9. The Bertz CT molecular complexity index is 3260. The number of methoxy groups -OCH3 is 1. The first-order valence-corrected chi connectivity index (χ1v) is 26.0. The number of amidine groups is 2. The van der Waals surface area contributed by atoms with Gasteiger partial charge in [0.15, 0.2) is 0 Å². The maximum Gasteiger partial charge on any atom is 0.330 e. The molecule has 0 saturated carbocycles. The van der Waals surface area contributed by atoms with E-state index in [1.165, 1.54) is 15.9 Å². The Kier molecular flexibility index (Phi) is 18.9. The van der Waals surface area contributed by atoms with E-state index in [9.17, 15) is 14.4 Å². The lowest BCUT2D eigenvalue weighted by molar-refractivity contribution is -0.122. The van der Waals surface area contributed by atoms with E-state index in [2.05, 4.69) is 20.8 Å². The van der Waals surface area contributed by atoms with E-state index in [0.717, 1.165) is 37.7 Å². The van der Waals surface area contributed by atoms with Gasteiger partial charge in [-0.1, -0.05) is 48.8 Å². The SMILES string of the molecule is CC.COc1cc2c(cc1-c1c(C)noc1C)ncc1c2n(C(C)c2ccccn2)c(=O)n1CC(=O)NCCOCCOCCOCCNC(=O)CC1N=C(c2ccc(Cl)cc2)c2c(sc(C)c2C)N(C(C)=N)C1=N. The number of aliphatic imine (C=N–C) groups is 1. The number of imidazole rings is 1. The number of amides is 2. The molecule has 8 rings (SSSR count). The number of carbonyl (C=O) groups is 2. The second-order valence-electron chi connectivity index (χ2n) is 17.4. The molecule has 4 N–H and O–H groups in total. The van der Waals surface area contributed by atoms with Gasteiger partial charge < -0.3 is 34.1 Å². The molecule has 1 aliphatic rings. The van der Waals surface area contributed by atoms with Crippen LogP contribution in [-0.4, -0.2) is 119 Å². The Labute approximate surface area is 444 Å². The molecule has 0 radical (unpaired) electrons. The van der Waals surface area contributed by atoms with Crippen LogP contribution in [0.25, 0.3) is 33.1 Å². The van der Waals surface area contributed by atoms with E-state index < -0.39 is 17.8 Å². The van der Waals surface area contributed by atoms with Crippen LogP contribution in [0, 0.1) is 38.5 Å². The van der Waals surface area contributed by atoms with Crippen molar-refractivity contribution >= 4 is 79.1 Å². The van der Waals surface area contributed by atoms with Crippen molar-refractivity contribution in [2.75, 3.05) is 64.7 Å². The van der Waals surface area contributed by atoms with Gasteiger partial charge in [0.1, 0.15) is 40.8 Å². The lowest BCUT2D eigenvalue weighted by Crippen LogP contribution is -2.42. The minimum absolute atomic E-state index is 0.0529. The number of hydrogen-bond acceptors (Lipinski definition) is 15. The number of halogens is 1. The zero-order valence-electron chi connectivity index (χ0n) is 43.8. The van der Waals surface area contributed by atoms with E-state index in [1.54, 1.807) is 48.0 Å². The number of pyridine rings is 2. The van der Waals surface area contributed by atoms with Crippen LogP contribution in [0.5, 0.6) is 5.75 Å². The number of thiophene rings is 1. The van der Waals surface area contributed by atoms with Crippen molar-refractivity contribution in [1.82, 2.24) is 34.9 Å². The second-order valence-corrected chi connectivity index (χ2v) is 19.1. The Morgan fingerprint density at radius 1 is 0.907 bits per heavy atom. The summed E-state index contributed by atoms with van der Waals surface area (Å²) in [4.78, 5) is 57.8. The Morgan fingerprint density at radius 3 is 2.19 bits per heavy atom. The van der Waals surface area contributed by atoms with E-state index in [4.69, 9.17) is 55.9 Å². The summed E-state index contributed by atoms with van der Waals surface area (Å²) in [7, 11) is 1.58. The van der Waals surface area contributed by atoms with Gasteiger partial charge in [0, 0.05) is 51.3 Å². The zero-order valence-corrected chi connectivity index (χ0v) is 45.3. The fourth-order valence-corrected chi connectivity index (χ4v) is 10.2. The predicted octanol–water partition coefficient (Wildman–Crippen LogP) is 8.37. The number of ether oxygens (including phenoxy) is 4. The first-order valence-electron chi connectivity index (χ1n) is 24.8. The molecule has 2 atom stereocenters. The highest BCUT2D eigenvalue weighted by atomic mass is 35.5. The summed E-state index contributed by atoms with van der Waals surface area (Å²) in [6.07, 6.45) is 3.20. The van der Waals surface area contributed by atoms with Gasteiger partial charge in [0.25, 0.3) is 0 Å². The summed E-state index contributed by atoms with van der Waals surface area (Å²) in [5, 5.41) is 29.5. The minimum Gasteiger partial charge on any atom is -0.496 e. The number of anilines is 1. The molecular weight excluding hydrogens is 998 g/mol. The van der Waals surface area contributed by atoms with Crippen LogP contribution in [-0.2, 0) is 30.3 Å². The van der Waals surface area contributed by atoms with Gasteiger partial charge in [0.2, 0.25) is 11.8 Å². The third kappa shape index (κ3) is 12.4. The summed E-state index contributed by atoms with van der Waals surface area (Å²) in [6, 6.07) is 15.3. The molecule has 75 heavy (non-hydrogen) atoms. The number of fused-ring (bicyclic) bond motifs is 4. The van der Waals surface area contributed by atoms with Gasteiger partial charge in [0.05, 0.1) is 105 Å². The maximum atomic E-state index is 14.3. The van der Waals surface area contributed by atoms with Gasteiger partial charge >= 0.3 is 5.69 Å². The van der Waals surface area contributed by atoms with E-state index >= 15 is 0 Å². The van der Waals surface area contributed by atoms with Crippen molar-refractivity contribution in [3.8, 4) is 16.9 Å². The van der Waals surface area contributed by atoms with Gasteiger partial charge in [-0.25, -0.2) is 4.79 Å².